The predicted molar refractivity (Wildman–Crippen MR) is 305 cm³/mol. The molecule has 20 nitrogen and oxygen atoms in total. The van der Waals surface area contributed by atoms with Gasteiger partial charge in [0, 0.05) is 37.8 Å². The number of ether oxygens (including phenoxy) is 8. The first-order valence-electron chi connectivity index (χ1n) is 27.5. The summed E-state index contributed by atoms with van der Waals surface area (Å²) in [6.07, 6.45) is -0.318. The summed E-state index contributed by atoms with van der Waals surface area (Å²) in [5, 5.41) is 7.00. The molecule has 444 valence electrons. The number of carbonyl (C=O) groups excluding carboxylic acids is 6. The van der Waals surface area contributed by atoms with Gasteiger partial charge in [-0.25, -0.2) is 9.80 Å². The smallest absolute Gasteiger partial charge is 0.407 e. The third-order valence-electron chi connectivity index (χ3n) is 13.0. The molecule has 0 bridgehead atoms. The Morgan fingerprint density at radius 1 is 0.605 bits per heavy atom. The lowest BCUT2D eigenvalue weighted by Gasteiger charge is -2.36. The van der Waals surface area contributed by atoms with Gasteiger partial charge in [0.2, 0.25) is 11.8 Å². The maximum Gasteiger partial charge on any atom is 0.407 e. The summed E-state index contributed by atoms with van der Waals surface area (Å²) in [7, 11) is 2.87. The Kier molecular flexibility index (Phi) is 29.7. The second kappa shape index (κ2) is 35.9. The maximum atomic E-state index is 14.9. The van der Waals surface area contributed by atoms with Crippen LogP contribution in [0.25, 0.3) is 11.3 Å². The third-order valence-corrected chi connectivity index (χ3v) is 13.0. The predicted octanol–water partition coefficient (Wildman–Crippen LogP) is 6.08. The van der Waals surface area contributed by atoms with E-state index >= 15 is 0 Å². The molecule has 0 aliphatic carbocycles. The van der Waals surface area contributed by atoms with Crippen LogP contribution < -0.4 is 21.8 Å². The third kappa shape index (κ3) is 26.2. The largest absolute Gasteiger partial charge is 0.469 e. The van der Waals surface area contributed by atoms with E-state index < -0.39 is 77.2 Å². The minimum atomic E-state index is -1.16. The monoisotopic (exact) mass is 1130 g/mol. The molecule has 0 fully saturated rings. The second-order valence-corrected chi connectivity index (χ2v) is 21.7. The number of pyridine rings is 1. The Morgan fingerprint density at radius 2 is 1.16 bits per heavy atom. The molecule has 81 heavy (non-hydrogen) atoms. The van der Waals surface area contributed by atoms with E-state index in [1.54, 1.807) is 18.3 Å². The van der Waals surface area contributed by atoms with Crippen LogP contribution in [0.1, 0.15) is 71.1 Å². The lowest BCUT2D eigenvalue weighted by molar-refractivity contribution is -0.156. The van der Waals surface area contributed by atoms with Gasteiger partial charge < -0.3 is 54.3 Å². The first kappa shape index (κ1) is 66.9. The lowest BCUT2D eigenvalue weighted by Crippen LogP contribution is -2.53. The molecule has 0 unspecified atom stereocenters. The molecule has 4 aromatic rings. The highest BCUT2D eigenvalue weighted by molar-refractivity contribution is 5.89. The number of hydrogen-bond acceptors (Lipinski definition) is 17. The van der Waals surface area contributed by atoms with Crippen molar-refractivity contribution in [2.24, 2.45) is 28.4 Å². The van der Waals surface area contributed by atoms with Crippen molar-refractivity contribution in [3.8, 4) is 11.3 Å². The molecule has 0 radical (unpaired) electrons. The van der Waals surface area contributed by atoms with Crippen molar-refractivity contribution in [2.75, 3.05) is 93.4 Å². The van der Waals surface area contributed by atoms with Gasteiger partial charge in [0.25, 0.3) is 0 Å². The summed E-state index contributed by atoms with van der Waals surface area (Å²) >= 11 is 0. The van der Waals surface area contributed by atoms with Crippen LogP contribution in [0.4, 0.5) is 4.79 Å². The Hall–Kier alpha value is -6.65. The Labute approximate surface area is 477 Å². The quantitative estimate of drug-likeness (QED) is 0.0173. The highest BCUT2D eigenvalue weighted by Crippen LogP contribution is 2.31. The van der Waals surface area contributed by atoms with Crippen molar-refractivity contribution in [3.63, 3.8) is 0 Å². The number of esters is 2. The number of ketones is 1. The number of nitrogens with two attached hydrogens (primary N) is 1. The molecule has 0 aliphatic heterocycles. The SMILES string of the molecule is COCCOCCOCCOCCOCCOC(=O)N[C@H](C(=O)C[C@@H](Cc1ccccc1)[C@H](CN(Cc1ccc(-c2ccccn2)cc1)NC(=O)[C@@H](CC(=O)OC)C(C)(C)C)OC(=O)CNC(=O)[C@@H](N)Cc1ccccc1)C(C)(C)C. The highest BCUT2D eigenvalue weighted by Gasteiger charge is 2.39. The molecule has 0 spiro atoms. The van der Waals surface area contributed by atoms with Crippen LogP contribution in [0.15, 0.2) is 109 Å². The zero-order chi connectivity index (χ0) is 59.0. The van der Waals surface area contributed by atoms with Crippen LogP contribution >= 0.6 is 0 Å². The fraction of sp³-hybridized carbons (Fsp3) is 0.525. The average molecular weight is 1130 g/mol. The van der Waals surface area contributed by atoms with Gasteiger partial charge in [-0.05, 0) is 52.5 Å². The first-order chi connectivity index (χ1) is 38.8. The molecule has 0 saturated carbocycles. The summed E-state index contributed by atoms with van der Waals surface area (Å²) in [5.74, 6) is -4.53. The number of rotatable bonds is 37. The molecule has 20 heteroatoms. The van der Waals surface area contributed by atoms with Crippen LogP contribution in [0, 0.1) is 22.7 Å². The highest BCUT2D eigenvalue weighted by atomic mass is 16.6. The molecule has 5 N–H and O–H groups in total. The van der Waals surface area contributed by atoms with Gasteiger partial charge in [0.05, 0.1) is 103 Å². The van der Waals surface area contributed by atoms with Crippen LogP contribution in [0.3, 0.4) is 0 Å². The van der Waals surface area contributed by atoms with E-state index in [-0.39, 0.29) is 64.4 Å². The van der Waals surface area contributed by atoms with Gasteiger partial charge in [0.1, 0.15) is 19.3 Å². The van der Waals surface area contributed by atoms with Crippen LogP contribution in [-0.4, -0.2) is 157 Å². The number of Topliss-reactive ketones (excluding diaryl/α,β-unsaturated/α-hetero) is 1. The van der Waals surface area contributed by atoms with E-state index in [2.05, 4.69) is 21.0 Å². The topological polar surface area (TPSA) is 254 Å². The number of nitrogens with zero attached hydrogens (tertiary/aromatic N) is 2. The molecule has 0 aliphatic rings. The van der Waals surface area contributed by atoms with E-state index in [1.807, 2.05) is 145 Å². The summed E-state index contributed by atoms with van der Waals surface area (Å²) < 4.78 is 43.8. The van der Waals surface area contributed by atoms with E-state index in [9.17, 15) is 28.8 Å². The van der Waals surface area contributed by atoms with Crippen LogP contribution in [0.5, 0.6) is 0 Å². The molecule has 3 amide bonds. The van der Waals surface area contributed by atoms with Gasteiger partial charge >= 0.3 is 18.0 Å². The number of aromatic nitrogens is 1. The van der Waals surface area contributed by atoms with E-state index in [0.29, 0.717) is 46.2 Å². The lowest BCUT2D eigenvalue weighted by atomic mass is 9.78. The van der Waals surface area contributed by atoms with Gasteiger partial charge in [0.15, 0.2) is 5.78 Å². The number of amides is 3. The standard InChI is InChI=1S/C61H86N6O14/c1-60(2,3)49(40-54(69)75-8)57(71)66-67(42-46-22-24-47(25-23-46)51-21-15-16-26-63-51)43-53(81-55(70)41-64-58(72)50(62)38-45-19-13-10-14-20-45)48(37-44-17-11-9-12-18-44)39-52(68)56(61(4,5)6)65-59(73)80-36-35-79-34-33-78-32-31-77-30-29-76-28-27-74-7/h9-26,48-50,53,56H,27-43,62H2,1-8H3,(H,64,72)(H,65,73)(H,66,71)/t48-,49-,50+,53+,56-/m1/s1. The maximum absolute atomic E-state index is 14.9. The summed E-state index contributed by atoms with van der Waals surface area (Å²) in [6, 6.07) is 29.7. The molecule has 1 aromatic heterocycles. The van der Waals surface area contributed by atoms with Crippen molar-refractivity contribution >= 4 is 35.6 Å². The minimum absolute atomic E-state index is 0.0741. The Bertz CT molecular complexity index is 2480. The normalized spacial score (nSPS) is 13.5. The van der Waals surface area contributed by atoms with Crippen molar-refractivity contribution in [2.45, 2.75) is 92.0 Å². The number of hydrogen-bond donors (Lipinski definition) is 4. The number of alkyl carbamates (subject to hydrolysis) is 1. The summed E-state index contributed by atoms with van der Waals surface area (Å²) in [5.41, 5.74) is 11.8. The van der Waals surface area contributed by atoms with Crippen LogP contribution in [-0.2, 0) is 81.3 Å². The number of methoxy groups -OCH3 is 2. The van der Waals surface area contributed by atoms with E-state index in [4.69, 9.17) is 43.6 Å². The van der Waals surface area contributed by atoms with Crippen molar-refractivity contribution in [1.29, 1.82) is 0 Å². The molecule has 3 aromatic carbocycles. The Balaban J connectivity index is 1.61. The van der Waals surface area contributed by atoms with Crippen LogP contribution in [0.2, 0.25) is 0 Å². The van der Waals surface area contributed by atoms with Gasteiger partial charge in [-0.3, -0.25) is 34.4 Å². The first-order valence-corrected chi connectivity index (χ1v) is 27.5. The van der Waals surface area contributed by atoms with Gasteiger partial charge in [-0.1, -0.05) is 133 Å². The minimum Gasteiger partial charge on any atom is -0.469 e. The zero-order valence-corrected chi connectivity index (χ0v) is 48.5. The summed E-state index contributed by atoms with van der Waals surface area (Å²) in [4.78, 5) is 87.7. The number of benzene rings is 3. The van der Waals surface area contributed by atoms with Crippen molar-refractivity contribution in [1.82, 2.24) is 26.1 Å². The van der Waals surface area contributed by atoms with Crippen molar-refractivity contribution < 1.29 is 66.7 Å². The molecule has 5 atom stereocenters. The average Bonchev–Trinajstić information content (AvgIpc) is 3.44. The zero-order valence-electron chi connectivity index (χ0n) is 48.5. The number of carbonyl (C=O) groups is 6. The van der Waals surface area contributed by atoms with Gasteiger partial charge in [-0.2, -0.15) is 0 Å². The summed E-state index contributed by atoms with van der Waals surface area (Å²) in [6.45, 7) is 13.5. The van der Waals surface area contributed by atoms with E-state index in [0.717, 1.165) is 27.9 Å². The molecule has 0 saturated heterocycles. The fourth-order valence-corrected chi connectivity index (χ4v) is 8.59. The van der Waals surface area contributed by atoms with Crippen molar-refractivity contribution in [3.05, 3.63) is 126 Å². The molecular weight excluding hydrogens is 1040 g/mol. The molecule has 1 heterocycles. The number of nitrogens with one attached hydrogen (secondary N) is 3. The molecule has 4 rings (SSSR count). The van der Waals surface area contributed by atoms with Gasteiger partial charge in [-0.15, -0.1) is 0 Å². The van der Waals surface area contributed by atoms with E-state index in [1.165, 1.54) is 7.11 Å². The molecular formula is C61H86N6O14. The Morgan fingerprint density at radius 3 is 1.69 bits per heavy atom. The number of hydrazine groups is 1. The fourth-order valence-electron chi connectivity index (χ4n) is 8.59. The second-order valence-electron chi connectivity index (χ2n) is 21.7.